The molecular weight excluding hydrogens is 597 g/mol. The van der Waals surface area contributed by atoms with E-state index < -0.39 is 0 Å². The molecule has 0 aliphatic rings. The standard InChI is InChI=1S/C46H30N2O/c1-3-16-32(17-4-1)47(42-26-13-24-39-37-21-9-10-27-44(37)49-46(39)42)34-28-29-40-43(30-34)48(33-18-5-2-6-19-33)41-25-12-23-38(45(40)41)36-22-11-15-31-14-7-8-20-35(31)36/h1-30H. The third-order valence-electron chi connectivity index (χ3n) is 9.77. The molecule has 0 aliphatic carbocycles. The van der Waals surface area contributed by atoms with Crippen LogP contribution in [0, 0.1) is 0 Å². The lowest BCUT2D eigenvalue weighted by Crippen LogP contribution is -2.10. The summed E-state index contributed by atoms with van der Waals surface area (Å²) in [7, 11) is 0. The minimum Gasteiger partial charge on any atom is -0.454 e. The fourth-order valence-electron chi connectivity index (χ4n) is 7.65. The Bertz CT molecular complexity index is 2820. The van der Waals surface area contributed by atoms with Crippen molar-refractivity contribution in [3.05, 3.63) is 182 Å². The third kappa shape index (κ3) is 4.29. The molecule has 0 atom stereocenters. The lowest BCUT2D eigenvalue weighted by molar-refractivity contribution is 0.669. The number of fused-ring (bicyclic) bond motifs is 7. The minimum atomic E-state index is 0.870. The van der Waals surface area contributed by atoms with Crippen molar-refractivity contribution in [3.8, 4) is 16.8 Å². The molecule has 2 heterocycles. The molecule has 8 aromatic carbocycles. The first-order valence-corrected chi connectivity index (χ1v) is 16.7. The second-order valence-electron chi connectivity index (χ2n) is 12.5. The van der Waals surface area contributed by atoms with Crippen molar-refractivity contribution >= 4 is 71.6 Å². The van der Waals surface area contributed by atoms with E-state index in [2.05, 4.69) is 179 Å². The Balaban J connectivity index is 1.28. The van der Waals surface area contributed by atoms with Crippen molar-refractivity contribution in [2.45, 2.75) is 0 Å². The predicted molar refractivity (Wildman–Crippen MR) is 206 cm³/mol. The van der Waals surface area contributed by atoms with Crippen LogP contribution < -0.4 is 4.90 Å². The number of hydrogen-bond acceptors (Lipinski definition) is 2. The maximum Gasteiger partial charge on any atom is 0.159 e. The topological polar surface area (TPSA) is 21.3 Å². The van der Waals surface area contributed by atoms with Gasteiger partial charge in [-0.05, 0) is 76.5 Å². The largest absolute Gasteiger partial charge is 0.454 e. The molecule has 0 saturated heterocycles. The summed E-state index contributed by atoms with van der Waals surface area (Å²) in [6.45, 7) is 0. The van der Waals surface area contributed by atoms with Crippen molar-refractivity contribution in [3.63, 3.8) is 0 Å². The van der Waals surface area contributed by atoms with Crippen LogP contribution in [0.25, 0.3) is 71.3 Å². The average Bonchev–Trinajstić information content (AvgIpc) is 3.72. The van der Waals surface area contributed by atoms with Crippen LogP contribution in [-0.2, 0) is 0 Å². The molecule has 3 nitrogen and oxygen atoms in total. The molecule has 0 aliphatic heterocycles. The summed E-state index contributed by atoms with van der Waals surface area (Å²) < 4.78 is 9.00. The second-order valence-corrected chi connectivity index (χ2v) is 12.5. The van der Waals surface area contributed by atoms with Gasteiger partial charge in [-0.2, -0.15) is 0 Å². The van der Waals surface area contributed by atoms with Gasteiger partial charge in [-0.25, -0.2) is 0 Å². The second kappa shape index (κ2) is 11.0. The van der Waals surface area contributed by atoms with Gasteiger partial charge in [0.2, 0.25) is 0 Å². The number of benzene rings is 8. The number of furan rings is 1. The number of hydrogen-bond donors (Lipinski definition) is 0. The van der Waals surface area contributed by atoms with Crippen LogP contribution in [0.5, 0.6) is 0 Å². The Morgan fingerprint density at radius 3 is 1.98 bits per heavy atom. The Labute approximate surface area is 283 Å². The zero-order chi connectivity index (χ0) is 32.3. The molecule has 0 unspecified atom stereocenters. The molecule has 0 saturated carbocycles. The maximum absolute atomic E-state index is 6.59. The first-order chi connectivity index (χ1) is 24.3. The van der Waals surface area contributed by atoms with E-state index in [-0.39, 0.29) is 0 Å². The summed E-state index contributed by atoms with van der Waals surface area (Å²) in [5.41, 5.74) is 10.8. The van der Waals surface area contributed by atoms with E-state index in [4.69, 9.17) is 4.42 Å². The predicted octanol–water partition coefficient (Wildman–Crippen LogP) is 13.0. The molecule has 10 rings (SSSR count). The van der Waals surface area contributed by atoms with Crippen molar-refractivity contribution in [2.24, 2.45) is 0 Å². The highest BCUT2D eigenvalue weighted by Crippen LogP contribution is 2.45. The molecule has 0 radical (unpaired) electrons. The highest BCUT2D eigenvalue weighted by molar-refractivity contribution is 6.19. The number of para-hydroxylation sites is 4. The van der Waals surface area contributed by atoms with Crippen molar-refractivity contribution < 1.29 is 4.42 Å². The lowest BCUT2D eigenvalue weighted by Gasteiger charge is -2.25. The van der Waals surface area contributed by atoms with Gasteiger partial charge >= 0.3 is 0 Å². The fraction of sp³-hybridized carbons (Fsp3) is 0. The molecule has 0 amide bonds. The van der Waals surface area contributed by atoms with Gasteiger partial charge in [0.15, 0.2) is 5.58 Å². The van der Waals surface area contributed by atoms with Crippen molar-refractivity contribution in [1.82, 2.24) is 4.57 Å². The normalized spacial score (nSPS) is 11.7. The smallest absolute Gasteiger partial charge is 0.159 e. The highest BCUT2D eigenvalue weighted by atomic mass is 16.3. The number of anilines is 3. The van der Waals surface area contributed by atoms with E-state index in [0.717, 1.165) is 50.2 Å². The fourth-order valence-corrected chi connectivity index (χ4v) is 7.65. The van der Waals surface area contributed by atoms with Crippen LogP contribution in [0.15, 0.2) is 186 Å². The van der Waals surface area contributed by atoms with Crippen molar-refractivity contribution in [2.75, 3.05) is 4.90 Å². The van der Waals surface area contributed by atoms with Gasteiger partial charge in [-0.3, -0.25) is 0 Å². The van der Waals surface area contributed by atoms with E-state index in [1.165, 1.54) is 38.2 Å². The summed E-state index contributed by atoms with van der Waals surface area (Å²) >= 11 is 0. The van der Waals surface area contributed by atoms with Gasteiger partial charge in [0.25, 0.3) is 0 Å². The summed E-state index contributed by atoms with van der Waals surface area (Å²) in [6.07, 6.45) is 0. The molecule has 3 heteroatoms. The zero-order valence-electron chi connectivity index (χ0n) is 26.6. The van der Waals surface area contributed by atoms with Crippen LogP contribution >= 0.6 is 0 Å². The summed E-state index contributed by atoms with van der Waals surface area (Å²) in [5.74, 6) is 0. The molecule has 0 bridgehead atoms. The molecule has 10 aromatic rings. The van der Waals surface area contributed by atoms with E-state index in [0.29, 0.717) is 0 Å². The van der Waals surface area contributed by atoms with Gasteiger partial charge in [0.05, 0.1) is 16.7 Å². The first-order valence-electron chi connectivity index (χ1n) is 16.7. The lowest BCUT2D eigenvalue weighted by atomic mass is 9.94. The molecule has 2 aromatic heterocycles. The molecule has 49 heavy (non-hydrogen) atoms. The van der Waals surface area contributed by atoms with Crippen LogP contribution in [0.3, 0.4) is 0 Å². The molecular formula is C46H30N2O. The van der Waals surface area contributed by atoms with Crippen LogP contribution in [0.2, 0.25) is 0 Å². The van der Waals surface area contributed by atoms with Crippen molar-refractivity contribution in [1.29, 1.82) is 0 Å². The van der Waals surface area contributed by atoms with Crippen LogP contribution in [0.4, 0.5) is 17.1 Å². The highest BCUT2D eigenvalue weighted by Gasteiger charge is 2.22. The quantitative estimate of drug-likeness (QED) is 0.190. The van der Waals surface area contributed by atoms with E-state index in [1.54, 1.807) is 0 Å². The molecule has 0 fully saturated rings. The molecule has 0 N–H and O–H groups in total. The SMILES string of the molecule is c1ccc(N(c2ccc3c4c(-c5cccc6ccccc56)cccc4n(-c4ccccc4)c3c2)c2cccc3c2oc2ccccc23)cc1. The first kappa shape index (κ1) is 27.5. The monoisotopic (exact) mass is 626 g/mol. The summed E-state index contributed by atoms with van der Waals surface area (Å²) in [5, 5.41) is 7.17. The van der Waals surface area contributed by atoms with Gasteiger partial charge in [-0.15, -0.1) is 0 Å². The zero-order valence-corrected chi connectivity index (χ0v) is 26.6. The number of nitrogens with zero attached hydrogens (tertiary/aromatic N) is 2. The Morgan fingerprint density at radius 2 is 1.10 bits per heavy atom. The van der Waals surface area contributed by atoms with Crippen LogP contribution in [0.1, 0.15) is 0 Å². The Kier molecular flexibility index (Phi) is 6.18. The molecule has 0 spiro atoms. The Hall–Kier alpha value is -6.58. The van der Waals surface area contributed by atoms with Gasteiger partial charge in [0, 0.05) is 38.6 Å². The average molecular weight is 627 g/mol. The van der Waals surface area contributed by atoms with Gasteiger partial charge in [-0.1, -0.05) is 127 Å². The van der Waals surface area contributed by atoms with E-state index in [1.807, 2.05) is 12.1 Å². The van der Waals surface area contributed by atoms with E-state index in [9.17, 15) is 0 Å². The maximum atomic E-state index is 6.59. The number of aromatic nitrogens is 1. The van der Waals surface area contributed by atoms with Crippen LogP contribution in [-0.4, -0.2) is 4.57 Å². The molecule has 230 valence electrons. The third-order valence-corrected chi connectivity index (χ3v) is 9.77. The minimum absolute atomic E-state index is 0.870. The summed E-state index contributed by atoms with van der Waals surface area (Å²) in [4.78, 5) is 2.32. The van der Waals surface area contributed by atoms with Gasteiger partial charge in [0.1, 0.15) is 5.58 Å². The van der Waals surface area contributed by atoms with Gasteiger partial charge < -0.3 is 13.9 Å². The number of rotatable bonds is 5. The van der Waals surface area contributed by atoms with E-state index >= 15 is 0 Å². The summed E-state index contributed by atoms with van der Waals surface area (Å²) in [6, 6.07) is 64.9. The Morgan fingerprint density at radius 1 is 0.429 bits per heavy atom.